The highest BCUT2D eigenvalue weighted by Gasteiger charge is 2.39. The van der Waals surface area contributed by atoms with E-state index in [1.54, 1.807) is 0 Å². The molecule has 2 heteroatoms. The maximum absolute atomic E-state index is 10.4. The molecule has 0 aromatic rings. The Morgan fingerprint density at radius 3 is 1.78 bits per heavy atom. The molecule has 0 bridgehead atoms. The Balaban J connectivity index is 2.00. The molecule has 2 aliphatic rings. The van der Waals surface area contributed by atoms with Crippen molar-refractivity contribution in [3.8, 4) is 0 Å². The van der Waals surface area contributed by atoms with Crippen LogP contribution in [0.1, 0.15) is 83.5 Å². The Morgan fingerprint density at radius 2 is 1.11 bits per heavy atom. The van der Waals surface area contributed by atoms with Crippen molar-refractivity contribution in [1.82, 2.24) is 0 Å². The second kappa shape index (κ2) is 6.91. The standard InChI is InChI=1S/C16H30O2/c17-16(18)13-9-5-4-8-12-15(16)14-10-6-2-1-3-7-11-14/h14-15,17-18H,1-13H2. The lowest BCUT2D eigenvalue weighted by atomic mass is 9.73. The van der Waals surface area contributed by atoms with Crippen molar-refractivity contribution < 1.29 is 10.2 Å². The Bertz CT molecular complexity index is 229. The molecule has 1 atom stereocenters. The topological polar surface area (TPSA) is 40.5 Å². The summed E-state index contributed by atoms with van der Waals surface area (Å²) in [4.78, 5) is 0. The first kappa shape index (κ1) is 14.3. The average Bonchev–Trinajstić information content (AvgIpc) is 2.27. The second-order valence-electron chi connectivity index (χ2n) is 6.54. The molecule has 2 N–H and O–H groups in total. The molecule has 0 aromatic heterocycles. The molecular weight excluding hydrogens is 224 g/mol. The highest BCUT2D eigenvalue weighted by molar-refractivity contribution is 4.84. The number of rotatable bonds is 1. The fourth-order valence-electron chi connectivity index (χ4n) is 4.02. The molecule has 0 aliphatic heterocycles. The Morgan fingerprint density at radius 1 is 0.611 bits per heavy atom. The molecule has 0 spiro atoms. The van der Waals surface area contributed by atoms with E-state index in [0.717, 1.165) is 12.8 Å². The van der Waals surface area contributed by atoms with Crippen LogP contribution in [0.25, 0.3) is 0 Å². The van der Waals surface area contributed by atoms with E-state index >= 15 is 0 Å². The zero-order valence-corrected chi connectivity index (χ0v) is 11.7. The van der Waals surface area contributed by atoms with Crippen molar-refractivity contribution in [2.45, 2.75) is 89.3 Å². The lowest BCUT2D eigenvalue weighted by molar-refractivity contribution is -0.222. The first-order chi connectivity index (χ1) is 8.70. The van der Waals surface area contributed by atoms with E-state index in [1.807, 2.05) is 0 Å². The van der Waals surface area contributed by atoms with Crippen LogP contribution < -0.4 is 0 Å². The quantitative estimate of drug-likeness (QED) is 0.694. The average molecular weight is 254 g/mol. The molecule has 2 aliphatic carbocycles. The summed E-state index contributed by atoms with van der Waals surface area (Å²) >= 11 is 0. The van der Waals surface area contributed by atoms with E-state index in [2.05, 4.69) is 0 Å². The smallest absolute Gasteiger partial charge is 0.165 e. The van der Waals surface area contributed by atoms with Gasteiger partial charge in [0.2, 0.25) is 0 Å². The van der Waals surface area contributed by atoms with Crippen molar-refractivity contribution in [3.05, 3.63) is 0 Å². The summed E-state index contributed by atoms with van der Waals surface area (Å²) < 4.78 is 0. The largest absolute Gasteiger partial charge is 0.365 e. The first-order valence-corrected chi connectivity index (χ1v) is 8.15. The van der Waals surface area contributed by atoms with Crippen LogP contribution in [0.2, 0.25) is 0 Å². The second-order valence-corrected chi connectivity index (χ2v) is 6.54. The van der Waals surface area contributed by atoms with Gasteiger partial charge in [0.05, 0.1) is 0 Å². The summed E-state index contributed by atoms with van der Waals surface area (Å²) in [5.74, 6) is -0.695. The predicted octanol–water partition coefficient (Wildman–Crippen LogP) is 4.00. The van der Waals surface area contributed by atoms with E-state index in [-0.39, 0.29) is 5.92 Å². The van der Waals surface area contributed by atoms with Crippen LogP contribution in [0.3, 0.4) is 0 Å². The van der Waals surface area contributed by atoms with Crippen molar-refractivity contribution in [2.24, 2.45) is 11.8 Å². The van der Waals surface area contributed by atoms with E-state index in [9.17, 15) is 10.2 Å². The van der Waals surface area contributed by atoms with Gasteiger partial charge in [-0.25, -0.2) is 0 Å². The van der Waals surface area contributed by atoms with Gasteiger partial charge in [-0.1, -0.05) is 51.4 Å². The van der Waals surface area contributed by atoms with E-state index in [4.69, 9.17) is 0 Å². The van der Waals surface area contributed by atoms with Crippen LogP contribution >= 0.6 is 0 Å². The van der Waals surface area contributed by atoms with Crippen LogP contribution in [-0.2, 0) is 0 Å². The van der Waals surface area contributed by atoms with Crippen LogP contribution in [0.5, 0.6) is 0 Å². The summed E-state index contributed by atoms with van der Waals surface area (Å²) in [6.45, 7) is 0. The minimum atomic E-state index is -1.38. The SMILES string of the molecule is OC1(O)CCCCCCC1C1CCCCCCC1. The third-order valence-electron chi connectivity index (χ3n) is 5.12. The van der Waals surface area contributed by atoms with Gasteiger partial charge in [0, 0.05) is 12.3 Å². The molecule has 2 fully saturated rings. The van der Waals surface area contributed by atoms with Crippen LogP contribution in [0, 0.1) is 11.8 Å². The van der Waals surface area contributed by atoms with Gasteiger partial charge in [-0.2, -0.15) is 0 Å². The minimum Gasteiger partial charge on any atom is -0.365 e. The van der Waals surface area contributed by atoms with E-state index < -0.39 is 5.79 Å². The van der Waals surface area contributed by atoms with Crippen molar-refractivity contribution in [3.63, 3.8) is 0 Å². The van der Waals surface area contributed by atoms with Gasteiger partial charge >= 0.3 is 0 Å². The van der Waals surface area contributed by atoms with Gasteiger partial charge in [-0.3, -0.25) is 0 Å². The maximum atomic E-state index is 10.4. The molecule has 106 valence electrons. The van der Waals surface area contributed by atoms with Crippen molar-refractivity contribution >= 4 is 0 Å². The van der Waals surface area contributed by atoms with Gasteiger partial charge < -0.3 is 10.2 Å². The molecule has 2 rings (SSSR count). The van der Waals surface area contributed by atoms with Gasteiger partial charge in [0.15, 0.2) is 5.79 Å². The lowest BCUT2D eigenvalue weighted by Crippen LogP contribution is -2.42. The van der Waals surface area contributed by atoms with Gasteiger partial charge in [-0.15, -0.1) is 0 Å². The number of aliphatic hydroxyl groups is 2. The molecule has 0 amide bonds. The Hall–Kier alpha value is -0.0800. The highest BCUT2D eigenvalue weighted by atomic mass is 16.5. The zero-order valence-electron chi connectivity index (χ0n) is 11.7. The van der Waals surface area contributed by atoms with E-state index in [0.29, 0.717) is 12.3 Å². The summed E-state index contributed by atoms with van der Waals surface area (Å²) in [5, 5.41) is 20.8. The van der Waals surface area contributed by atoms with Crippen LogP contribution in [0.15, 0.2) is 0 Å². The third kappa shape index (κ3) is 3.96. The number of hydrogen-bond donors (Lipinski definition) is 2. The highest BCUT2D eigenvalue weighted by Crippen LogP contribution is 2.40. The normalized spacial score (nSPS) is 32.0. The predicted molar refractivity (Wildman–Crippen MR) is 74.2 cm³/mol. The fourth-order valence-corrected chi connectivity index (χ4v) is 4.02. The third-order valence-corrected chi connectivity index (χ3v) is 5.12. The van der Waals surface area contributed by atoms with Crippen molar-refractivity contribution in [2.75, 3.05) is 0 Å². The zero-order chi connectivity index (χ0) is 12.8. The van der Waals surface area contributed by atoms with E-state index in [1.165, 1.54) is 64.2 Å². The van der Waals surface area contributed by atoms with Crippen molar-refractivity contribution in [1.29, 1.82) is 0 Å². The molecule has 0 saturated heterocycles. The molecule has 18 heavy (non-hydrogen) atoms. The lowest BCUT2D eigenvalue weighted by Gasteiger charge is -2.39. The molecule has 0 aromatic carbocycles. The van der Waals surface area contributed by atoms with Gasteiger partial charge in [0.1, 0.15) is 0 Å². The molecule has 0 radical (unpaired) electrons. The first-order valence-electron chi connectivity index (χ1n) is 8.15. The molecular formula is C16H30O2. The Kier molecular flexibility index (Phi) is 5.50. The summed E-state index contributed by atoms with van der Waals surface area (Å²) in [7, 11) is 0. The molecule has 2 saturated carbocycles. The Labute approximate surface area is 112 Å². The fraction of sp³-hybridized carbons (Fsp3) is 1.00. The molecule has 1 unspecified atom stereocenters. The minimum absolute atomic E-state index is 0.135. The summed E-state index contributed by atoms with van der Waals surface area (Å²) in [5.41, 5.74) is 0. The summed E-state index contributed by atoms with van der Waals surface area (Å²) in [6.07, 6.45) is 15.3. The summed E-state index contributed by atoms with van der Waals surface area (Å²) in [6, 6.07) is 0. The van der Waals surface area contributed by atoms with Gasteiger partial charge in [0.25, 0.3) is 0 Å². The monoisotopic (exact) mass is 254 g/mol. The van der Waals surface area contributed by atoms with Crippen LogP contribution in [-0.4, -0.2) is 16.0 Å². The molecule has 0 heterocycles. The molecule has 2 nitrogen and oxygen atoms in total. The maximum Gasteiger partial charge on any atom is 0.165 e. The van der Waals surface area contributed by atoms with Gasteiger partial charge in [-0.05, 0) is 31.6 Å². The van der Waals surface area contributed by atoms with Crippen LogP contribution in [0.4, 0.5) is 0 Å². The number of hydrogen-bond acceptors (Lipinski definition) is 2.